The van der Waals surface area contributed by atoms with E-state index in [-0.39, 0.29) is 16.7 Å². The van der Waals surface area contributed by atoms with Gasteiger partial charge in [0.2, 0.25) is 11.0 Å². The van der Waals surface area contributed by atoms with Gasteiger partial charge < -0.3 is 19.9 Å². The van der Waals surface area contributed by atoms with Crippen LogP contribution in [0, 0.1) is 10.1 Å². The molecule has 2 aliphatic rings. The van der Waals surface area contributed by atoms with E-state index in [1.54, 1.807) is 13.8 Å². The van der Waals surface area contributed by atoms with E-state index in [1.165, 1.54) is 11.8 Å². The number of aromatic nitrogens is 2. The number of rotatable bonds is 6. The fraction of sp³-hybridized carbons (Fsp3) is 0.733. The van der Waals surface area contributed by atoms with Crippen molar-refractivity contribution < 1.29 is 19.5 Å². The lowest BCUT2D eigenvalue weighted by molar-refractivity contribution is -0.384. The zero-order valence-electron chi connectivity index (χ0n) is 14.6. The van der Waals surface area contributed by atoms with Crippen molar-refractivity contribution in [3.63, 3.8) is 0 Å². The monoisotopic (exact) mass is 404 g/mol. The fourth-order valence-corrected chi connectivity index (χ4v) is 4.19. The van der Waals surface area contributed by atoms with Gasteiger partial charge in [-0.05, 0) is 26.7 Å². The van der Waals surface area contributed by atoms with Gasteiger partial charge in [0.1, 0.15) is 12.2 Å². The highest BCUT2D eigenvalue weighted by atomic mass is 35.5. The maximum atomic E-state index is 11.4. The molecule has 0 bridgehead atoms. The summed E-state index contributed by atoms with van der Waals surface area (Å²) in [6.07, 6.45) is -0.441. The Bertz CT molecular complexity index is 707. The third kappa shape index (κ3) is 3.89. The highest BCUT2D eigenvalue weighted by Gasteiger charge is 2.54. The van der Waals surface area contributed by atoms with Gasteiger partial charge in [-0.25, -0.2) is 4.98 Å². The van der Waals surface area contributed by atoms with E-state index in [9.17, 15) is 15.2 Å². The molecule has 1 unspecified atom stereocenters. The number of thioether (sulfide) groups is 1. The highest BCUT2D eigenvalue weighted by Crippen LogP contribution is 2.41. The Morgan fingerprint density at radius 1 is 1.42 bits per heavy atom. The van der Waals surface area contributed by atoms with E-state index in [0.717, 1.165) is 12.2 Å². The number of hydrogen-bond donors (Lipinski definition) is 2. The summed E-state index contributed by atoms with van der Waals surface area (Å²) in [6.45, 7) is 5.54. The van der Waals surface area contributed by atoms with Crippen LogP contribution in [-0.2, 0) is 9.47 Å². The van der Waals surface area contributed by atoms with Crippen molar-refractivity contribution in [2.75, 3.05) is 11.1 Å². The van der Waals surface area contributed by atoms with E-state index in [0.29, 0.717) is 11.6 Å². The summed E-state index contributed by atoms with van der Waals surface area (Å²) in [6, 6.07) is -0.398. The van der Waals surface area contributed by atoms with Gasteiger partial charge in [0.15, 0.2) is 10.9 Å². The second-order valence-corrected chi connectivity index (χ2v) is 8.14. The number of fused-ring (bicyclic) bond motifs is 1. The number of aliphatic hydroxyl groups excluding tert-OH is 1. The third-order valence-electron chi connectivity index (χ3n) is 4.20. The van der Waals surface area contributed by atoms with Crippen LogP contribution in [0.2, 0.25) is 5.15 Å². The maximum absolute atomic E-state index is 11.4. The molecule has 3 rings (SSSR count). The topological polar surface area (TPSA) is 120 Å². The van der Waals surface area contributed by atoms with Crippen molar-refractivity contribution in [2.45, 2.75) is 68.9 Å². The van der Waals surface area contributed by atoms with Crippen molar-refractivity contribution in [3.8, 4) is 0 Å². The minimum absolute atomic E-state index is 0.0276. The van der Waals surface area contributed by atoms with Crippen molar-refractivity contribution in [1.29, 1.82) is 0 Å². The molecule has 0 spiro atoms. The molecule has 2 N–H and O–H groups in total. The van der Waals surface area contributed by atoms with Gasteiger partial charge in [-0.15, -0.1) is 0 Å². The predicted molar refractivity (Wildman–Crippen MR) is 96.6 cm³/mol. The minimum atomic E-state index is -0.825. The van der Waals surface area contributed by atoms with E-state index < -0.39 is 35.1 Å². The first-order chi connectivity index (χ1) is 12.2. The van der Waals surface area contributed by atoms with Crippen LogP contribution < -0.4 is 5.32 Å². The third-order valence-corrected chi connectivity index (χ3v) is 5.51. The lowest BCUT2D eigenvalue weighted by Gasteiger charge is -2.23. The Morgan fingerprint density at radius 2 is 2.12 bits per heavy atom. The van der Waals surface area contributed by atoms with Crippen LogP contribution >= 0.6 is 23.4 Å². The van der Waals surface area contributed by atoms with E-state index in [1.807, 2.05) is 6.92 Å². The SMILES string of the molecule is CCCSc1nc(Cl)c([N+](=O)[O-])c(NC2C[C@H](O)[C@H]3OC(C)(C)O[C@@H]23)n1. The molecule has 0 aromatic carbocycles. The zero-order chi connectivity index (χ0) is 19.1. The van der Waals surface area contributed by atoms with Gasteiger partial charge in [-0.2, -0.15) is 4.98 Å². The molecule has 1 aliphatic heterocycles. The van der Waals surface area contributed by atoms with Crippen LogP contribution in [0.5, 0.6) is 0 Å². The molecular formula is C15H21ClN4O5S. The molecule has 1 saturated carbocycles. The Labute approximate surface area is 160 Å². The van der Waals surface area contributed by atoms with Crippen molar-refractivity contribution in [2.24, 2.45) is 0 Å². The van der Waals surface area contributed by atoms with Crippen molar-refractivity contribution in [1.82, 2.24) is 9.97 Å². The summed E-state index contributed by atoms with van der Waals surface area (Å²) in [5.74, 6) is -0.0284. The van der Waals surface area contributed by atoms with Crippen LogP contribution in [0.25, 0.3) is 0 Å². The van der Waals surface area contributed by atoms with Crippen LogP contribution in [0.1, 0.15) is 33.6 Å². The second kappa shape index (κ2) is 7.43. The van der Waals surface area contributed by atoms with Crippen LogP contribution in [-0.4, -0.2) is 55.9 Å². The summed E-state index contributed by atoms with van der Waals surface area (Å²) in [5, 5.41) is 24.8. The molecule has 2 fully saturated rings. The van der Waals surface area contributed by atoms with E-state index in [4.69, 9.17) is 21.1 Å². The summed E-state index contributed by atoms with van der Waals surface area (Å²) in [5.41, 5.74) is -0.386. The normalized spacial score (nSPS) is 29.6. The Kier molecular flexibility index (Phi) is 5.59. The van der Waals surface area contributed by atoms with Gasteiger partial charge in [0.05, 0.1) is 17.1 Å². The summed E-state index contributed by atoms with van der Waals surface area (Å²) < 4.78 is 11.6. The molecule has 144 valence electrons. The summed E-state index contributed by atoms with van der Waals surface area (Å²) >= 11 is 7.40. The number of ether oxygens (including phenoxy) is 2. The standard InChI is InChI=1S/C15H21ClN4O5S/c1-4-5-26-14-18-12(16)9(20(22)23)13(19-14)17-7-6-8(21)11-10(7)24-15(2,3)25-11/h7-8,10-11,21H,4-6H2,1-3H3,(H,17,18,19)/t7?,8-,10-,11+/m0/s1. The van der Waals surface area contributed by atoms with Crippen LogP contribution in [0.15, 0.2) is 5.16 Å². The van der Waals surface area contributed by atoms with Gasteiger partial charge in [0.25, 0.3) is 0 Å². The molecule has 1 saturated heterocycles. The van der Waals surface area contributed by atoms with Gasteiger partial charge in [-0.3, -0.25) is 10.1 Å². The molecule has 9 nitrogen and oxygen atoms in total. The van der Waals surface area contributed by atoms with Crippen molar-refractivity contribution in [3.05, 3.63) is 15.3 Å². The first-order valence-electron chi connectivity index (χ1n) is 8.37. The smallest absolute Gasteiger partial charge is 0.348 e. The molecule has 1 aliphatic carbocycles. The average molecular weight is 405 g/mol. The first kappa shape index (κ1) is 19.6. The molecule has 4 atom stereocenters. The molecule has 26 heavy (non-hydrogen) atoms. The van der Waals surface area contributed by atoms with Crippen molar-refractivity contribution >= 4 is 34.9 Å². The summed E-state index contributed by atoms with van der Waals surface area (Å²) in [7, 11) is 0. The lowest BCUT2D eigenvalue weighted by Crippen LogP contribution is -2.35. The number of halogens is 1. The van der Waals surface area contributed by atoms with Crippen LogP contribution in [0.3, 0.4) is 0 Å². The highest BCUT2D eigenvalue weighted by molar-refractivity contribution is 7.99. The van der Waals surface area contributed by atoms with Gasteiger partial charge in [0, 0.05) is 5.75 Å². The quantitative estimate of drug-likeness (QED) is 0.242. The second-order valence-electron chi connectivity index (χ2n) is 6.72. The Morgan fingerprint density at radius 3 is 2.77 bits per heavy atom. The molecule has 0 amide bonds. The Balaban J connectivity index is 1.88. The van der Waals surface area contributed by atoms with Gasteiger partial charge >= 0.3 is 5.69 Å². The van der Waals surface area contributed by atoms with Gasteiger partial charge in [-0.1, -0.05) is 30.3 Å². The predicted octanol–water partition coefficient (Wildman–Crippen LogP) is 2.61. The number of nitrogens with one attached hydrogen (secondary N) is 1. The Hall–Kier alpha value is -1.20. The number of anilines is 1. The molecular weight excluding hydrogens is 384 g/mol. The first-order valence-corrected chi connectivity index (χ1v) is 9.73. The average Bonchev–Trinajstić information content (AvgIpc) is 2.99. The molecule has 1 aromatic heterocycles. The summed E-state index contributed by atoms with van der Waals surface area (Å²) in [4.78, 5) is 19.1. The number of hydrogen-bond acceptors (Lipinski definition) is 9. The number of nitro groups is 1. The molecule has 0 radical (unpaired) electrons. The number of aliphatic hydroxyl groups is 1. The van der Waals surface area contributed by atoms with E-state index >= 15 is 0 Å². The minimum Gasteiger partial charge on any atom is -0.390 e. The number of nitrogens with zero attached hydrogens (tertiary/aromatic N) is 3. The van der Waals surface area contributed by atoms with E-state index in [2.05, 4.69) is 15.3 Å². The van der Waals surface area contributed by atoms with Crippen LogP contribution in [0.4, 0.5) is 11.5 Å². The molecule has 2 heterocycles. The fourth-order valence-electron chi connectivity index (χ4n) is 3.20. The zero-order valence-corrected chi connectivity index (χ0v) is 16.2. The lowest BCUT2D eigenvalue weighted by atomic mass is 10.2. The largest absolute Gasteiger partial charge is 0.390 e. The maximum Gasteiger partial charge on any atom is 0.348 e. The molecule has 11 heteroatoms. The molecule has 1 aromatic rings.